The Balaban J connectivity index is 0.00000141. The second-order valence-corrected chi connectivity index (χ2v) is 8.22. The molecule has 8 heteroatoms. The van der Waals surface area contributed by atoms with Crippen LogP contribution in [0.2, 0.25) is 0 Å². The third-order valence-corrected chi connectivity index (χ3v) is 6.11. The zero-order valence-electron chi connectivity index (χ0n) is 19.0. The zero-order chi connectivity index (χ0) is 23.5. The number of hydrogen-bond donors (Lipinski definition) is 1. The molecule has 2 aliphatic rings. The van der Waals surface area contributed by atoms with E-state index in [0.717, 1.165) is 41.1 Å². The first-order valence-corrected chi connectivity index (χ1v) is 11.0. The molecule has 0 bridgehead atoms. The Kier molecular flexibility index (Phi) is 7.01. The number of fused-ring (bicyclic) bond motifs is 2. The highest BCUT2D eigenvalue weighted by Gasteiger charge is 2.46. The Morgan fingerprint density at radius 1 is 1.31 bits per heavy atom. The van der Waals surface area contributed by atoms with Crippen molar-refractivity contribution in [2.45, 2.75) is 52.6 Å². The molecule has 2 atom stereocenters. The maximum Gasteiger partial charge on any atom is 0.410 e. The largest absolute Gasteiger partial charge is 0.480 e. The highest BCUT2D eigenvalue weighted by atomic mass is 19.1. The van der Waals surface area contributed by atoms with Crippen LogP contribution in [-0.4, -0.2) is 51.5 Å². The van der Waals surface area contributed by atoms with Gasteiger partial charge in [0.15, 0.2) is 0 Å². The van der Waals surface area contributed by atoms with Crippen LogP contribution in [0.3, 0.4) is 0 Å². The Hall–Kier alpha value is -3.16. The van der Waals surface area contributed by atoms with E-state index in [9.17, 15) is 14.0 Å². The van der Waals surface area contributed by atoms with Gasteiger partial charge in [-0.1, -0.05) is 26.3 Å². The molecule has 7 nitrogen and oxygen atoms in total. The smallest absolute Gasteiger partial charge is 0.410 e. The minimum atomic E-state index is -1.08. The number of likely N-dealkylation sites (N-methyl/N-ethyl adjacent to an activating group) is 1. The fourth-order valence-electron chi connectivity index (χ4n) is 4.45. The number of carbonyl (C=O) groups excluding carboxylic acids is 1. The minimum absolute atomic E-state index is 0.296. The van der Waals surface area contributed by atoms with Crippen molar-refractivity contribution in [2.24, 2.45) is 5.41 Å². The van der Waals surface area contributed by atoms with E-state index in [1.165, 1.54) is 24.8 Å². The van der Waals surface area contributed by atoms with E-state index in [-0.39, 0.29) is 17.3 Å². The van der Waals surface area contributed by atoms with Crippen molar-refractivity contribution >= 4 is 18.1 Å². The molecule has 0 saturated heterocycles. The van der Waals surface area contributed by atoms with Crippen LogP contribution in [0, 0.1) is 11.2 Å². The van der Waals surface area contributed by atoms with Gasteiger partial charge in [0.2, 0.25) is 0 Å². The molecule has 2 unspecified atom stereocenters. The minimum Gasteiger partial charge on any atom is -0.480 e. The summed E-state index contributed by atoms with van der Waals surface area (Å²) in [6.07, 6.45) is 6.10. The van der Waals surface area contributed by atoms with E-state index < -0.39 is 18.6 Å². The predicted molar refractivity (Wildman–Crippen MR) is 119 cm³/mol. The monoisotopic (exact) mass is 443 g/mol. The first kappa shape index (κ1) is 23.5. The van der Waals surface area contributed by atoms with E-state index in [1.54, 1.807) is 23.0 Å². The Bertz CT molecular complexity index is 1010. The molecule has 2 aliphatic carbocycles. The molecular formula is C24H30FN3O4. The molecule has 1 aromatic heterocycles. The molecule has 0 radical (unpaired) electrons. The zero-order valence-corrected chi connectivity index (χ0v) is 19.0. The Morgan fingerprint density at radius 2 is 2.00 bits per heavy atom. The van der Waals surface area contributed by atoms with Gasteiger partial charge in [-0.05, 0) is 61.6 Å². The van der Waals surface area contributed by atoms with Crippen LogP contribution >= 0.6 is 0 Å². The van der Waals surface area contributed by atoms with E-state index >= 15 is 0 Å². The van der Waals surface area contributed by atoms with E-state index in [2.05, 4.69) is 18.1 Å². The number of amides is 1. The van der Waals surface area contributed by atoms with Crippen molar-refractivity contribution in [1.29, 1.82) is 0 Å². The van der Waals surface area contributed by atoms with Gasteiger partial charge in [-0.2, -0.15) is 5.10 Å². The molecule has 0 spiro atoms. The topological polar surface area (TPSA) is 84.7 Å². The predicted octanol–water partition coefficient (Wildman–Crippen LogP) is 4.69. The summed E-state index contributed by atoms with van der Waals surface area (Å²) >= 11 is 0. The second-order valence-electron chi connectivity index (χ2n) is 8.22. The van der Waals surface area contributed by atoms with Crippen molar-refractivity contribution in [3.63, 3.8) is 0 Å². The first-order chi connectivity index (χ1) is 15.3. The van der Waals surface area contributed by atoms with E-state index in [4.69, 9.17) is 9.84 Å². The van der Waals surface area contributed by atoms with Gasteiger partial charge in [0, 0.05) is 12.5 Å². The van der Waals surface area contributed by atoms with Crippen LogP contribution in [0.4, 0.5) is 9.18 Å². The average Bonchev–Trinajstić information content (AvgIpc) is 3.16. The van der Waals surface area contributed by atoms with Gasteiger partial charge in [0.1, 0.15) is 18.5 Å². The number of carboxylic acids is 1. The van der Waals surface area contributed by atoms with Gasteiger partial charge in [-0.15, -0.1) is 0 Å². The maximum atomic E-state index is 13.3. The van der Waals surface area contributed by atoms with Gasteiger partial charge < -0.3 is 14.7 Å². The van der Waals surface area contributed by atoms with Crippen molar-refractivity contribution in [3.05, 3.63) is 53.1 Å². The number of nitrogens with zero attached hydrogens (tertiary/aromatic N) is 3. The highest BCUT2D eigenvalue weighted by Crippen LogP contribution is 2.49. The molecule has 1 heterocycles. The quantitative estimate of drug-likeness (QED) is 0.741. The Morgan fingerprint density at radius 3 is 2.66 bits per heavy atom. The molecule has 1 aromatic carbocycles. The molecule has 1 saturated carbocycles. The van der Waals surface area contributed by atoms with Gasteiger partial charge >= 0.3 is 12.1 Å². The number of ether oxygens (including phenoxy) is 1. The Labute approximate surface area is 187 Å². The summed E-state index contributed by atoms with van der Waals surface area (Å²) in [5, 5.41) is 13.4. The number of aliphatic carboxylic acids is 1. The number of carbonyl (C=O) groups is 2. The van der Waals surface area contributed by atoms with Crippen LogP contribution in [0.1, 0.15) is 51.3 Å². The normalized spacial score (nSPS) is 21.3. The van der Waals surface area contributed by atoms with Crippen molar-refractivity contribution in [1.82, 2.24) is 14.7 Å². The number of hydrogen-bond acceptors (Lipinski definition) is 4. The summed E-state index contributed by atoms with van der Waals surface area (Å²) in [7, 11) is 1.42. The molecule has 0 aliphatic heterocycles. The van der Waals surface area contributed by atoms with Gasteiger partial charge in [0.25, 0.3) is 0 Å². The van der Waals surface area contributed by atoms with Crippen molar-refractivity contribution < 1.29 is 23.8 Å². The lowest BCUT2D eigenvalue weighted by molar-refractivity contribution is -0.137. The molecule has 1 N–H and O–H groups in total. The van der Waals surface area contributed by atoms with Gasteiger partial charge in [0.05, 0.1) is 17.6 Å². The maximum absolute atomic E-state index is 13.3. The lowest BCUT2D eigenvalue weighted by Gasteiger charge is -2.45. The van der Waals surface area contributed by atoms with E-state index in [1.807, 2.05) is 13.8 Å². The van der Waals surface area contributed by atoms with Crippen LogP contribution in [-0.2, 0) is 16.0 Å². The van der Waals surface area contributed by atoms with Crippen molar-refractivity contribution in [3.8, 4) is 5.69 Å². The van der Waals surface area contributed by atoms with Gasteiger partial charge in [-0.25, -0.2) is 13.9 Å². The van der Waals surface area contributed by atoms with Crippen LogP contribution in [0.25, 0.3) is 11.8 Å². The molecular weight excluding hydrogens is 413 g/mol. The standard InChI is InChI=1S/C22H24FN3O4.C2H6/c1-22-11-14-12-24-26(17-8-6-16(23)7-9-17)18(14)10-15(22)4-3-5-19(22)30-21(29)25(2)13-20(27)28;1-2/h6-10,12,19H,3-5,11,13H2,1-2H3,(H,27,28);1-2H3. The number of benzene rings is 1. The third-order valence-electron chi connectivity index (χ3n) is 6.11. The lowest BCUT2D eigenvalue weighted by Crippen LogP contribution is -2.46. The fraction of sp³-hybridized carbons (Fsp3) is 0.458. The number of halogens is 1. The molecule has 4 rings (SSSR count). The number of aromatic nitrogens is 2. The highest BCUT2D eigenvalue weighted by molar-refractivity contribution is 5.76. The third kappa shape index (κ3) is 4.54. The summed E-state index contributed by atoms with van der Waals surface area (Å²) in [4.78, 5) is 24.4. The van der Waals surface area contributed by atoms with Gasteiger partial charge in [-0.3, -0.25) is 4.79 Å². The first-order valence-electron chi connectivity index (χ1n) is 11.0. The summed E-state index contributed by atoms with van der Waals surface area (Å²) < 4.78 is 20.9. The second kappa shape index (κ2) is 9.54. The fourth-order valence-corrected chi connectivity index (χ4v) is 4.45. The lowest BCUT2D eigenvalue weighted by atomic mass is 9.64. The van der Waals surface area contributed by atoms with Crippen LogP contribution < -0.4 is 0 Å². The van der Waals surface area contributed by atoms with Crippen molar-refractivity contribution in [2.75, 3.05) is 13.6 Å². The molecule has 2 aromatic rings. The summed E-state index contributed by atoms with van der Waals surface area (Å²) in [5.74, 6) is -1.38. The summed E-state index contributed by atoms with van der Waals surface area (Å²) in [6, 6.07) is 6.21. The average molecular weight is 444 g/mol. The SMILES string of the molecule is CC.CN(CC(=O)O)C(=O)OC1CCCC2=Cc3c(cnn3-c3ccc(F)cc3)CC21C. The summed E-state index contributed by atoms with van der Waals surface area (Å²) in [5.41, 5.74) is 3.59. The van der Waals surface area contributed by atoms with Crippen LogP contribution in [0.5, 0.6) is 0 Å². The van der Waals surface area contributed by atoms with Crippen LogP contribution in [0.15, 0.2) is 36.0 Å². The molecule has 1 amide bonds. The number of carboxylic acid groups (broad SMARTS) is 1. The van der Waals surface area contributed by atoms with E-state index in [0.29, 0.717) is 6.42 Å². The molecule has 1 fully saturated rings. The number of rotatable bonds is 4. The summed E-state index contributed by atoms with van der Waals surface area (Å²) in [6.45, 7) is 5.69. The molecule has 32 heavy (non-hydrogen) atoms. The molecule has 172 valence electrons.